The van der Waals surface area contributed by atoms with E-state index < -0.39 is 0 Å². The van der Waals surface area contributed by atoms with Crippen LogP contribution in [0.2, 0.25) is 0 Å². The maximum atomic E-state index is 12.0. The van der Waals surface area contributed by atoms with Crippen LogP contribution in [0.1, 0.15) is 28.5 Å². The van der Waals surface area contributed by atoms with E-state index in [1.807, 2.05) is 37.3 Å². The lowest BCUT2D eigenvalue weighted by atomic mass is 10.1. The van der Waals surface area contributed by atoms with Gasteiger partial charge < -0.3 is 4.57 Å². The number of aryl methyl sites for hydroxylation is 1. The molecular formula is C18H17NO. The first kappa shape index (κ1) is 12.7. The zero-order valence-corrected chi connectivity index (χ0v) is 11.8. The van der Waals surface area contributed by atoms with Gasteiger partial charge in [0.2, 0.25) is 0 Å². The van der Waals surface area contributed by atoms with E-state index >= 15 is 0 Å². The van der Waals surface area contributed by atoms with E-state index in [4.69, 9.17) is 0 Å². The molecule has 0 amide bonds. The monoisotopic (exact) mass is 263 g/mol. The first-order valence-electron chi connectivity index (χ1n) is 6.81. The van der Waals surface area contributed by atoms with Crippen LogP contribution in [-0.4, -0.2) is 10.4 Å². The summed E-state index contributed by atoms with van der Waals surface area (Å²) in [6.45, 7) is 4.40. The molecule has 0 spiro atoms. The van der Waals surface area contributed by atoms with Gasteiger partial charge in [-0.05, 0) is 24.1 Å². The third kappa shape index (κ3) is 2.03. The zero-order valence-electron chi connectivity index (χ0n) is 11.8. The molecule has 0 bridgehead atoms. The number of nitrogens with zero attached hydrogens (tertiary/aromatic N) is 1. The topological polar surface area (TPSA) is 22.0 Å². The largest absolute Gasteiger partial charge is 0.333 e. The summed E-state index contributed by atoms with van der Waals surface area (Å²) < 4.78 is 2.13. The standard InChI is InChI=1S/C18H17NO/c1-13-16-10-6-7-11-17(16)19(18(13)14(2)20)12-15-8-4-3-5-9-15/h3-11H,12H2,1-2H3. The maximum absolute atomic E-state index is 12.0. The van der Waals surface area contributed by atoms with Crippen molar-refractivity contribution in [3.05, 3.63) is 71.4 Å². The van der Waals surface area contributed by atoms with Crippen molar-refractivity contribution in [1.29, 1.82) is 0 Å². The van der Waals surface area contributed by atoms with Crippen LogP contribution in [0.25, 0.3) is 10.9 Å². The Balaban J connectivity index is 2.22. The number of ketones is 1. The molecule has 0 saturated carbocycles. The van der Waals surface area contributed by atoms with Crippen molar-refractivity contribution in [2.24, 2.45) is 0 Å². The van der Waals surface area contributed by atoms with E-state index in [-0.39, 0.29) is 5.78 Å². The van der Waals surface area contributed by atoms with E-state index in [9.17, 15) is 4.79 Å². The molecule has 0 saturated heterocycles. The molecule has 0 N–H and O–H groups in total. The lowest BCUT2D eigenvalue weighted by molar-refractivity contribution is 0.100. The number of carbonyl (C=O) groups excluding carboxylic acids is 1. The van der Waals surface area contributed by atoms with Crippen LogP contribution in [0.15, 0.2) is 54.6 Å². The molecule has 3 rings (SSSR count). The lowest BCUT2D eigenvalue weighted by Gasteiger charge is -2.09. The number of fused-ring (bicyclic) bond motifs is 1. The summed E-state index contributed by atoms with van der Waals surface area (Å²) in [6.07, 6.45) is 0. The highest BCUT2D eigenvalue weighted by molar-refractivity contribution is 6.01. The lowest BCUT2D eigenvalue weighted by Crippen LogP contribution is -2.08. The molecule has 0 aliphatic rings. The van der Waals surface area contributed by atoms with Crippen molar-refractivity contribution in [3.8, 4) is 0 Å². The number of hydrogen-bond acceptors (Lipinski definition) is 1. The van der Waals surface area contributed by atoms with Crippen LogP contribution >= 0.6 is 0 Å². The third-order valence-electron chi connectivity index (χ3n) is 3.74. The number of hydrogen-bond donors (Lipinski definition) is 0. The van der Waals surface area contributed by atoms with Gasteiger partial charge in [0.15, 0.2) is 5.78 Å². The highest BCUT2D eigenvalue weighted by atomic mass is 16.1. The highest BCUT2D eigenvalue weighted by Crippen LogP contribution is 2.26. The smallest absolute Gasteiger partial charge is 0.176 e. The Morgan fingerprint density at radius 3 is 2.35 bits per heavy atom. The fraction of sp³-hybridized carbons (Fsp3) is 0.167. The fourth-order valence-corrected chi connectivity index (χ4v) is 2.86. The highest BCUT2D eigenvalue weighted by Gasteiger charge is 2.16. The van der Waals surface area contributed by atoms with Crippen LogP contribution in [0, 0.1) is 6.92 Å². The molecule has 2 heteroatoms. The summed E-state index contributed by atoms with van der Waals surface area (Å²) in [6, 6.07) is 18.5. The minimum Gasteiger partial charge on any atom is -0.333 e. The van der Waals surface area contributed by atoms with Gasteiger partial charge in [0.05, 0.1) is 5.69 Å². The predicted molar refractivity (Wildman–Crippen MR) is 82.2 cm³/mol. The molecule has 0 aliphatic carbocycles. The summed E-state index contributed by atoms with van der Waals surface area (Å²) in [5.74, 6) is 0.120. The average molecular weight is 263 g/mol. The van der Waals surface area contributed by atoms with Gasteiger partial charge in [0.1, 0.15) is 0 Å². The number of para-hydroxylation sites is 1. The van der Waals surface area contributed by atoms with Crippen LogP contribution < -0.4 is 0 Å². The fourth-order valence-electron chi connectivity index (χ4n) is 2.86. The predicted octanol–water partition coefficient (Wildman–Crippen LogP) is 4.20. The molecule has 0 radical (unpaired) electrons. The van der Waals surface area contributed by atoms with Gasteiger partial charge >= 0.3 is 0 Å². The SMILES string of the molecule is CC(=O)c1c(C)c2ccccc2n1Cc1ccccc1. The van der Waals surface area contributed by atoms with Gasteiger partial charge in [0.25, 0.3) is 0 Å². The Morgan fingerprint density at radius 2 is 1.65 bits per heavy atom. The van der Waals surface area contributed by atoms with E-state index in [0.717, 1.165) is 28.7 Å². The van der Waals surface area contributed by atoms with Crippen LogP contribution in [0.4, 0.5) is 0 Å². The van der Waals surface area contributed by atoms with Gasteiger partial charge in [-0.25, -0.2) is 0 Å². The van der Waals surface area contributed by atoms with Crippen LogP contribution in [-0.2, 0) is 6.54 Å². The number of rotatable bonds is 3. The van der Waals surface area contributed by atoms with Gasteiger partial charge in [-0.15, -0.1) is 0 Å². The van der Waals surface area contributed by atoms with E-state index in [1.54, 1.807) is 6.92 Å². The molecule has 0 aliphatic heterocycles. The Labute approximate surface area is 118 Å². The first-order chi connectivity index (χ1) is 9.68. The van der Waals surface area contributed by atoms with E-state index in [2.05, 4.69) is 28.8 Å². The van der Waals surface area contributed by atoms with Crippen molar-refractivity contribution < 1.29 is 4.79 Å². The molecule has 20 heavy (non-hydrogen) atoms. The molecule has 0 unspecified atom stereocenters. The summed E-state index contributed by atoms with van der Waals surface area (Å²) in [4.78, 5) is 12.0. The molecule has 2 aromatic carbocycles. The number of carbonyl (C=O) groups is 1. The van der Waals surface area contributed by atoms with Crippen molar-refractivity contribution in [3.63, 3.8) is 0 Å². The first-order valence-corrected chi connectivity index (χ1v) is 6.81. The Bertz CT molecular complexity index is 769. The molecule has 0 fully saturated rings. The quantitative estimate of drug-likeness (QED) is 0.649. The molecule has 0 atom stereocenters. The maximum Gasteiger partial charge on any atom is 0.176 e. The third-order valence-corrected chi connectivity index (χ3v) is 3.74. The van der Waals surface area contributed by atoms with Crippen molar-refractivity contribution >= 4 is 16.7 Å². The van der Waals surface area contributed by atoms with Crippen LogP contribution in [0.3, 0.4) is 0 Å². The van der Waals surface area contributed by atoms with Gasteiger partial charge in [-0.1, -0.05) is 48.5 Å². The van der Waals surface area contributed by atoms with Crippen molar-refractivity contribution in [2.45, 2.75) is 20.4 Å². The normalized spacial score (nSPS) is 10.9. The summed E-state index contributed by atoms with van der Waals surface area (Å²) in [5.41, 5.74) is 4.22. The minimum atomic E-state index is 0.120. The summed E-state index contributed by atoms with van der Waals surface area (Å²) in [7, 11) is 0. The number of Topliss-reactive ketones (excluding diaryl/α,β-unsaturated/α-hetero) is 1. The van der Waals surface area contributed by atoms with Gasteiger partial charge in [-0.3, -0.25) is 4.79 Å². The molecule has 2 nitrogen and oxygen atoms in total. The summed E-state index contributed by atoms with van der Waals surface area (Å²) >= 11 is 0. The van der Waals surface area contributed by atoms with Crippen LogP contribution in [0.5, 0.6) is 0 Å². The van der Waals surface area contributed by atoms with Crippen molar-refractivity contribution in [1.82, 2.24) is 4.57 Å². The molecular weight excluding hydrogens is 246 g/mol. The Kier molecular flexibility index (Phi) is 3.15. The number of benzene rings is 2. The van der Waals surface area contributed by atoms with Gasteiger partial charge in [0, 0.05) is 24.4 Å². The van der Waals surface area contributed by atoms with E-state index in [1.165, 1.54) is 5.56 Å². The second-order valence-corrected chi connectivity index (χ2v) is 5.12. The Morgan fingerprint density at radius 1 is 1.00 bits per heavy atom. The molecule has 3 aromatic rings. The number of aromatic nitrogens is 1. The van der Waals surface area contributed by atoms with Gasteiger partial charge in [-0.2, -0.15) is 0 Å². The van der Waals surface area contributed by atoms with E-state index in [0.29, 0.717) is 0 Å². The molecule has 1 aromatic heterocycles. The second-order valence-electron chi connectivity index (χ2n) is 5.12. The molecule has 1 heterocycles. The second kappa shape index (κ2) is 4.97. The minimum absolute atomic E-state index is 0.120. The summed E-state index contributed by atoms with van der Waals surface area (Å²) in [5, 5.41) is 1.16. The Hall–Kier alpha value is -2.35. The molecule has 100 valence electrons. The zero-order chi connectivity index (χ0) is 14.1. The average Bonchev–Trinajstić information content (AvgIpc) is 2.74. The van der Waals surface area contributed by atoms with Crippen molar-refractivity contribution in [2.75, 3.05) is 0 Å².